The summed E-state index contributed by atoms with van der Waals surface area (Å²) >= 11 is 6.65. The molecule has 3 aromatic heterocycles. The topological polar surface area (TPSA) is 65.0 Å². The number of aromatic nitrogens is 3. The molecule has 0 saturated heterocycles. The Bertz CT molecular complexity index is 2570. The van der Waals surface area contributed by atoms with Crippen molar-refractivity contribution in [1.82, 2.24) is 15.0 Å². The van der Waals surface area contributed by atoms with Crippen LogP contribution in [-0.4, -0.2) is 15.0 Å². The lowest BCUT2D eigenvalue weighted by Crippen LogP contribution is -2.01. The number of hydrogen-bond donors (Lipinski definition) is 0. The van der Waals surface area contributed by atoms with Crippen LogP contribution in [0, 0.1) is 0 Å². The number of hydrogen-bond acceptors (Lipinski definition) is 5. The maximum absolute atomic E-state index is 6.65. The van der Waals surface area contributed by atoms with Crippen molar-refractivity contribution in [3.63, 3.8) is 0 Å². The van der Waals surface area contributed by atoms with E-state index in [1.165, 1.54) is 0 Å². The van der Waals surface area contributed by atoms with E-state index in [1.807, 2.05) is 109 Å². The van der Waals surface area contributed by atoms with Crippen molar-refractivity contribution < 1.29 is 8.83 Å². The molecule has 5 nitrogen and oxygen atoms in total. The first-order valence-electron chi connectivity index (χ1n) is 14.6. The number of para-hydroxylation sites is 2. The molecule has 0 saturated carbocycles. The normalized spacial score (nSPS) is 11.7. The molecule has 9 aromatic rings. The van der Waals surface area contributed by atoms with E-state index in [-0.39, 0.29) is 0 Å². The number of furan rings is 2. The molecule has 6 aromatic carbocycles. The summed E-state index contributed by atoms with van der Waals surface area (Å²) in [5.74, 6) is 1.67. The Morgan fingerprint density at radius 3 is 1.89 bits per heavy atom. The Morgan fingerprint density at radius 2 is 1.04 bits per heavy atom. The second-order valence-corrected chi connectivity index (χ2v) is 11.4. The van der Waals surface area contributed by atoms with Crippen LogP contribution in [-0.2, 0) is 0 Å². The van der Waals surface area contributed by atoms with Gasteiger partial charge >= 0.3 is 0 Å². The van der Waals surface area contributed by atoms with Crippen molar-refractivity contribution in [1.29, 1.82) is 0 Å². The molecule has 9 rings (SSSR count). The summed E-state index contributed by atoms with van der Waals surface area (Å²) in [6, 6.07) is 44.1. The average molecular weight is 600 g/mol. The Hall–Kier alpha value is -5.78. The van der Waals surface area contributed by atoms with Crippen molar-refractivity contribution in [2.24, 2.45) is 0 Å². The molecule has 0 aliphatic carbocycles. The molecule has 45 heavy (non-hydrogen) atoms. The van der Waals surface area contributed by atoms with Gasteiger partial charge in [0.1, 0.15) is 22.3 Å². The molecule has 0 atom stereocenters. The van der Waals surface area contributed by atoms with E-state index in [9.17, 15) is 0 Å². The van der Waals surface area contributed by atoms with Crippen molar-refractivity contribution in [3.8, 4) is 45.3 Å². The van der Waals surface area contributed by atoms with Crippen LogP contribution >= 0.6 is 11.6 Å². The Morgan fingerprint density at radius 1 is 0.400 bits per heavy atom. The Kier molecular flexibility index (Phi) is 5.80. The van der Waals surface area contributed by atoms with E-state index in [2.05, 4.69) is 24.3 Å². The minimum absolute atomic E-state index is 0.542. The van der Waals surface area contributed by atoms with Crippen LogP contribution in [0.1, 0.15) is 0 Å². The highest BCUT2D eigenvalue weighted by Gasteiger charge is 2.20. The average Bonchev–Trinajstić information content (AvgIpc) is 3.66. The number of fused-ring (bicyclic) bond motifs is 6. The van der Waals surface area contributed by atoms with Crippen LogP contribution in [0.2, 0.25) is 5.02 Å². The van der Waals surface area contributed by atoms with Crippen LogP contribution in [0.4, 0.5) is 0 Å². The van der Waals surface area contributed by atoms with Gasteiger partial charge in [0.25, 0.3) is 0 Å². The first-order valence-corrected chi connectivity index (χ1v) is 15.0. The van der Waals surface area contributed by atoms with Gasteiger partial charge in [-0.3, -0.25) is 0 Å². The quantitative estimate of drug-likeness (QED) is 0.201. The summed E-state index contributed by atoms with van der Waals surface area (Å²) < 4.78 is 12.4. The smallest absolute Gasteiger partial charge is 0.164 e. The van der Waals surface area contributed by atoms with Gasteiger partial charge in [0.2, 0.25) is 0 Å². The molecule has 3 heterocycles. The highest BCUT2D eigenvalue weighted by Crippen LogP contribution is 2.41. The maximum atomic E-state index is 6.65. The van der Waals surface area contributed by atoms with Crippen LogP contribution in [0.15, 0.2) is 142 Å². The van der Waals surface area contributed by atoms with Gasteiger partial charge < -0.3 is 8.83 Å². The van der Waals surface area contributed by atoms with E-state index in [0.29, 0.717) is 22.5 Å². The van der Waals surface area contributed by atoms with Crippen molar-refractivity contribution in [3.05, 3.63) is 138 Å². The molecule has 0 unspecified atom stereocenters. The fourth-order valence-electron chi connectivity index (χ4n) is 6.14. The predicted molar refractivity (Wildman–Crippen MR) is 181 cm³/mol. The Labute approximate surface area is 262 Å². The molecule has 6 heteroatoms. The minimum atomic E-state index is 0.542. The third-order valence-electron chi connectivity index (χ3n) is 8.22. The molecule has 0 aliphatic heterocycles. The largest absolute Gasteiger partial charge is 0.456 e. The maximum Gasteiger partial charge on any atom is 0.164 e. The molecular weight excluding hydrogens is 578 g/mol. The lowest BCUT2D eigenvalue weighted by Gasteiger charge is -2.13. The molecule has 0 fully saturated rings. The van der Waals surface area contributed by atoms with E-state index in [0.717, 1.165) is 71.7 Å². The van der Waals surface area contributed by atoms with Gasteiger partial charge in [-0.15, -0.1) is 0 Å². The molecule has 0 amide bonds. The zero-order chi connectivity index (χ0) is 29.9. The van der Waals surface area contributed by atoms with Gasteiger partial charge in [0.05, 0.1) is 0 Å². The second-order valence-electron chi connectivity index (χ2n) is 10.9. The second kappa shape index (κ2) is 10.2. The van der Waals surface area contributed by atoms with Crippen LogP contribution < -0.4 is 0 Å². The number of halogens is 1. The standard InChI is InChI=1S/C39H22ClN3O2/c40-25-18-20-29(31(22-25)28-13-8-16-34-36(28)30-12-5-7-15-33(30)44-34)39-42-37(23-9-2-1-3-10-23)41-38(43-39)24-17-19-27-26-11-4-6-14-32(26)45-35(27)21-24/h1-22H. The van der Waals surface area contributed by atoms with E-state index in [1.54, 1.807) is 0 Å². The molecule has 0 aliphatic rings. The molecule has 0 radical (unpaired) electrons. The molecule has 212 valence electrons. The summed E-state index contributed by atoms with van der Waals surface area (Å²) in [5, 5.41) is 4.80. The summed E-state index contributed by atoms with van der Waals surface area (Å²) in [4.78, 5) is 15.1. The Balaban J connectivity index is 1.29. The van der Waals surface area contributed by atoms with Gasteiger partial charge in [-0.05, 0) is 59.7 Å². The predicted octanol–water partition coefficient (Wildman–Crippen LogP) is 11.0. The fraction of sp³-hybridized carbons (Fsp3) is 0. The number of rotatable bonds is 4. The minimum Gasteiger partial charge on any atom is -0.456 e. The van der Waals surface area contributed by atoms with Crippen LogP contribution in [0.5, 0.6) is 0 Å². The highest BCUT2D eigenvalue weighted by molar-refractivity contribution is 6.31. The summed E-state index contributed by atoms with van der Waals surface area (Å²) in [6.45, 7) is 0. The van der Waals surface area contributed by atoms with Gasteiger partial charge in [-0.25, -0.2) is 15.0 Å². The fourth-order valence-corrected chi connectivity index (χ4v) is 6.31. The first kappa shape index (κ1) is 25.7. The first-order chi connectivity index (χ1) is 22.2. The van der Waals surface area contributed by atoms with Crippen molar-refractivity contribution >= 4 is 55.5 Å². The molecular formula is C39H22ClN3O2. The lowest BCUT2D eigenvalue weighted by atomic mass is 9.95. The van der Waals surface area contributed by atoms with Gasteiger partial charge in [-0.2, -0.15) is 0 Å². The van der Waals surface area contributed by atoms with Gasteiger partial charge in [0, 0.05) is 43.3 Å². The van der Waals surface area contributed by atoms with Crippen molar-refractivity contribution in [2.45, 2.75) is 0 Å². The summed E-state index contributed by atoms with van der Waals surface area (Å²) in [5.41, 5.74) is 7.72. The van der Waals surface area contributed by atoms with Crippen molar-refractivity contribution in [2.75, 3.05) is 0 Å². The molecule has 0 N–H and O–H groups in total. The van der Waals surface area contributed by atoms with Gasteiger partial charge in [0.15, 0.2) is 17.5 Å². The third kappa shape index (κ3) is 4.28. The lowest BCUT2D eigenvalue weighted by molar-refractivity contribution is 0.668. The van der Waals surface area contributed by atoms with Crippen LogP contribution in [0.3, 0.4) is 0 Å². The van der Waals surface area contributed by atoms with E-state index in [4.69, 9.17) is 35.4 Å². The monoisotopic (exact) mass is 599 g/mol. The SMILES string of the molecule is Clc1ccc(-c2nc(-c3ccccc3)nc(-c3ccc4c(c3)oc3ccccc34)n2)c(-c2cccc3oc4ccccc4c23)c1. The molecule has 0 spiro atoms. The number of nitrogens with zero attached hydrogens (tertiary/aromatic N) is 3. The summed E-state index contributed by atoms with van der Waals surface area (Å²) in [6.07, 6.45) is 0. The van der Waals surface area contributed by atoms with E-state index >= 15 is 0 Å². The third-order valence-corrected chi connectivity index (χ3v) is 8.45. The van der Waals surface area contributed by atoms with Crippen LogP contribution in [0.25, 0.3) is 89.2 Å². The zero-order valence-corrected chi connectivity index (χ0v) is 24.5. The summed E-state index contributed by atoms with van der Waals surface area (Å²) in [7, 11) is 0. The molecule has 0 bridgehead atoms. The highest BCUT2D eigenvalue weighted by atomic mass is 35.5. The number of benzene rings is 6. The van der Waals surface area contributed by atoms with Gasteiger partial charge in [-0.1, -0.05) is 96.5 Å². The zero-order valence-electron chi connectivity index (χ0n) is 23.7. The van der Waals surface area contributed by atoms with E-state index < -0.39 is 0 Å².